The first-order valence-corrected chi connectivity index (χ1v) is 9.55. The zero-order valence-electron chi connectivity index (χ0n) is 15.3. The first kappa shape index (κ1) is 18.5. The van der Waals surface area contributed by atoms with Gasteiger partial charge in [-0.3, -0.25) is 4.79 Å². The Morgan fingerprint density at radius 2 is 1.62 bits per heavy atom. The van der Waals surface area contributed by atoms with Crippen molar-refractivity contribution in [1.82, 2.24) is 0 Å². The summed E-state index contributed by atoms with van der Waals surface area (Å²) >= 11 is 0. The third-order valence-electron chi connectivity index (χ3n) is 3.91. The van der Waals surface area contributed by atoms with Crippen molar-refractivity contribution < 1.29 is 14.3 Å². The summed E-state index contributed by atoms with van der Waals surface area (Å²) in [6.07, 6.45) is 0.412. The standard InChI is InChI=1S/C20H25O3P/c1-7-16(21)24-17(15-11-9-8-10-12-15)13(2)14(3)18(24)19(22)23-20(4,5)6/h8-12H,7H2,1-6H3. The molecule has 0 aliphatic heterocycles. The van der Waals surface area contributed by atoms with Gasteiger partial charge in [-0.2, -0.15) is 0 Å². The first-order valence-electron chi connectivity index (χ1n) is 8.21. The lowest BCUT2D eigenvalue weighted by Gasteiger charge is -2.20. The maximum atomic E-state index is 12.8. The summed E-state index contributed by atoms with van der Waals surface area (Å²) < 4.78 is 5.59. The highest BCUT2D eigenvalue weighted by molar-refractivity contribution is 7.72. The van der Waals surface area contributed by atoms with E-state index in [0.29, 0.717) is 11.7 Å². The van der Waals surface area contributed by atoms with Crippen LogP contribution < -0.4 is 0 Å². The molecule has 0 N–H and O–H groups in total. The van der Waals surface area contributed by atoms with Gasteiger partial charge in [-0.15, -0.1) is 0 Å². The summed E-state index contributed by atoms with van der Waals surface area (Å²) in [6, 6.07) is 9.87. The van der Waals surface area contributed by atoms with E-state index >= 15 is 0 Å². The molecule has 24 heavy (non-hydrogen) atoms. The number of hydrogen-bond acceptors (Lipinski definition) is 3. The summed E-state index contributed by atoms with van der Waals surface area (Å²) in [4.78, 5) is 25.5. The van der Waals surface area contributed by atoms with E-state index in [1.807, 2.05) is 71.9 Å². The quantitative estimate of drug-likeness (QED) is 0.642. The summed E-state index contributed by atoms with van der Waals surface area (Å²) in [5, 5.41) is 1.55. The van der Waals surface area contributed by atoms with Crippen LogP contribution in [0.5, 0.6) is 0 Å². The van der Waals surface area contributed by atoms with Crippen molar-refractivity contribution in [2.24, 2.45) is 0 Å². The van der Waals surface area contributed by atoms with Gasteiger partial charge in [0.15, 0.2) is 5.52 Å². The molecule has 2 rings (SSSR count). The van der Waals surface area contributed by atoms with Crippen LogP contribution in [0.15, 0.2) is 30.3 Å². The Morgan fingerprint density at radius 3 is 2.12 bits per heavy atom. The fourth-order valence-electron chi connectivity index (χ4n) is 2.72. The van der Waals surface area contributed by atoms with Crippen LogP contribution in [0.3, 0.4) is 0 Å². The number of ether oxygens (including phenoxy) is 1. The van der Waals surface area contributed by atoms with Crippen molar-refractivity contribution in [2.75, 3.05) is 0 Å². The maximum absolute atomic E-state index is 12.8. The number of benzene rings is 1. The van der Waals surface area contributed by atoms with Gasteiger partial charge < -0.3 is 4.74 Å². The van der Waals surface area contributed by atoms with Crippen LogP contribution in [-0.4, -0.2) is 17.1 Å². The van der Waals surface area contributed by atoms with E-state index in [1.54, 1.807) is 0 Å². The number of carbonyl (C=O) groups is 2. The Bertz CT molecular complexity index is 764. The van der Waals surface area contributed by atoms with Crippen molar-refractivity contribution in [3.05, 3.63) is 46.8 Å². The minimum Gasteiger partial charge on any atom is -0.456 e. The molecule has 4 heteroatoms. The molecular weight excluding hydrogens is 319 g/mol. The van der Waals surface area contributed by atoms with Crippen molar-refractivity contribution >= 4 is 19.0 Å². The molecule has 0 fully saturated rings. The zero-order valence-corrected chi connectivity index (χ0v) is 16.2. The van der Waals surface area contributed by atoms with Crippen LogP contribution in [0.25, 0.3) is 10.9 Å². The molecule has 0 spiro atoms. The molecule has 0 aliphatic rings. The second kappa shape index (κ2) is 6.94. The Hall–Kier alpha value is -1.86. The van der Waals surface area contributed by atoms with E-state index in [1.165, 1.54) is 0 Å². The molecule has 1 atom stereocenters. The Morgan fingerprint density at radius 1 is 1.04 bits per heavy atom. The smallest absolute Gasteiger partial charge is 0.343 e. The van der Waals surface area contributed by atoms with Gasteiger partial charge in [0.25, 0.3) is 0 Å². The molecule has 0 radical (unpaired) electrons. The monoisotopic (exact) mass is 344 g/mol. The first-order chi connectivity index (χ1) is 11.2. The fourth-order valence-corrected chi connectivity index (χ4v) is 5.40. The molecule has 1 heterocycles. The van der Waals surface area contributed by atoms with Gasteiger partial charge in [0, 0.05) is 11.7 Å². The predicted octanol–water partition coefficient (Wildman–Crippen LogP) is 5.96. The van der Waals surface area contributed by atoms with E-state index < -0.39 is 13.1 Å². The van der Waals surface area contributed by atoms with Crippen LogP contribution in [0.1, 0.15) is 60.1 Å². The van der Waals surface area contributed by atoms with Gasteiger partial charge in [-0.05, 0) is 58.8 Å². The average Bonchev–Trinajstić information content (AvgIpc) is 2.78. The zero-order chi connectivity index (χ0) is 18.1. The van der Waals surface area contributed by atoms with Crippen molar-refractivity contribution in [3.63, 3.8) is 0 Å². The molecule has 0 saturated carbocycles. The number of esters is 1. The van der Waals surface area contributed by atoms with Gasteiger partial charge in [0.1, 0.15) is 5.60 Å². The van der Waals surface area contributed by atoms with E-state index in [0.717, 1.165) is 22.0 Å². The van der Waals surface area contributed by atoms with E-state index in [4.69, 9.17) is 4.74 Å². The summed E-state index contributed by atoms with van der Waals surface area (Å²) in [7, 11) is -1.33. The number of hydrogen-bond donors (Lipinski definition) is 0. The number of carbonyl (C=O) groups excluding carboxylic acids is 2. The molecule has 2 aromatic rings. The topological polar surface area (TPSA) is 43.4 Å². The lowest BCUT2D eigenvalue weighted by molar-refractivity contribution is 0.00739. The minimum atomic E-state index is -1.33. The maximum Gasteiger partial charge on any atom is 0.343 e. The Labute approximate surface area is 145 Å². The molecule has 0 aliphatic carbocycles. The fraction of sp³-hybridized carbons (Fsp3) is 0.400. The third-order valence-corrected chi connectivity index (χ3v) is 6.73. The minimum absolute atomic E-state index is 0.112. The van der Waals surface area contributed by atoms with Crippen molar-refractivity contribution in [1.29, 1.82) is 0 Å². The SMILES string of the molecule is CCC(=O)p1c(C(=O)OC(C)(C)C)c(C)c(C)c1-c1ccccc1. The number of rotatable bonds is 4. The molecule has 1 aromatic carbocycles. The normalized spacial score (nSPS) is 12.2. The van der Waals surface area contributed by atoms with Gasteiger partial charge in [0.2, 0.25) is 0 Å². The molecule has 1 unspecified atom stereocenters. The van der Waals surface area contributed by atoms with E-state index in [9.17, 15) is 9.59 Å². The molecule has 0 amide bonds. The van der Waals surface area contributed by atoms with Crippen LogP contribution in [0.4, 0.5) is 0 Å². The van der Waals surface area contributed by atoms with Gasteiger partial charge >= 0.3 is 5.97 Å². The highest BCUT2D eigenvalue weighted by atomic mass is 31.1. The average molecular weight is 344 g/mol. The highest BCUT2D eigenvalue weighted by Crippen LogP contribution is 2.52. The largest absolute Gasteiger partial charge is 0.456 e. The third kappa shape index (κ3) is 3.62. The summed E-state index contributed by atoms with van der Waals surface area (Å²) in [6.45, 7) is 11.3. The molecule has 1 aromatic heterocycles. The highest BCUT2D eigenvalue weighted by Gasteiger charge is 2.30. The molecule has 3 nitrogen and oxygen atoms in total. The van der Waals surface area contributed by atoms with Crippen molar-refractivity contribution in [2.45, 2.75) is 53.6 Å². The lowest BCUT2D eigenvalue weighted by Crippen LogP contribution is -2.24. The Balaban J connectivity index is 2.72. The van der Waals surface area contributed by atoms with Crippen LogP contribution >= 0.6 is 7.53 Å². The second-order valence-corrected chi connectivity index (χ2v) is 8.96. The predicted molar refractivity (Wildman–Crippen MR) is 100 cm³/mol. The van der Waals surface area contributed by atoms with Crippen LogP contribution in [0.2, 0.25) is 0 Å². The van der Waals surface area contributed by atoms with Gasteiger partial charge in [-0.25, -0.2) is 4.79 Å². The van der Waals surface area contributed by atoms with Crippen LogP contribution in [-0.2, 0) is 4.74 Å². The van der Waals surface area contributed by atoms with Gasteiger partial charge in [-0.1, -0.05) is 37.3 Å². The van der Waals surface area contributed by atoms with Crippen molar-refractivity contribution in [3.8, 4) is 10.9 Å². The summed E-state index contributed by atoms with van der Waals surface area (Å²) in [5.41, 5.74) is 2.46. The van der Waals surface area contributed by atoms with E-state index in [2.05, 4.69) is 0 Å². The molecular formula is C20H25O3P. The molecule has 128 valence electrons. The molecule has 0 saturated heterocycles. The lowest BCUT2D eigenvalue weighted by atomic mass is 10.1. The van der Waals surface area contributed by atoms with Gasteiger partial charge in [0.05, 0.1) is 5.30 Å². The van der Waals surface area contributed by atoms with E-state index in [-0.39, 0.29) is 11.5 Å². The molecule has 0 bridgehead atoms. The Kier molecular flexibility index (Phi) is 5.35. The summed E-state index contributed by atoms with van der Waals surface area (Å²) in [5.74, 6) is -0.363. The van der Waals surface area contributed by atoms with Crippen LogP contribution in [0, 0.1) is 13.8 Å². The second-order valence-electron chi connectivity index (χ2n) is 6.90.